The zero-order valence-corrected chi connectivity index (χ0v) is 10.6. The van der Waals surface area contributed by atoms with E-state index in [2.05, 4.69) is 10.6 Å². The van der Waals surface area contributed by atoms with Crippen molar-refractivity contribution in [2.45, 2.75) is 13.8 Å². The zero-order chi connectivity index (χ0) is 11.1. The molecule has 0 saturated heterocycles. The van der Waals surface area contributed by atoms with Crippen molar-refractivity contribution in [3.8, 4) is 0 Å². The molecule has 16 heavy (non-hydrogen) atoms. The molecule has 0 aliphatic carbocycles. The number of hydrogen-bond donors (Lipinski definition) is 2. The maximum absolute atomic E-state index is 11.6. The Morgan fingerprint density at radius 1 is 1.19 bits per heavy atom. The van der Waals surface area contributed by atoms with Crippen LogP contribution >= 0.6 is 12.4 Å². The molecule has 1 aromatic rings. The van der Waals surface area contributed by atoms with E-state index in [-0.39, 0.29) is 18.3 Å². The molecule has 0 spiro atoms. The van der Waals surface area contributed by atoms with Gasteiger partial charge in [0.05, 0.1) is 0 Å². The van der Waals surface area contributed by atoms with Crippen LogP contribution in [0.25, 0.3) is 0 Å². The molecule has 0 atom stereocenters. The molecule has 0 aromatic heterocycles. The summed E-state index contributed by atoms with van der Waals surface area (Å²) in [6.45, 7) is 6.46. The van der Waals surface area contributed by atoms with E-state index >= 15 is 0 Å². The van der Waals surface area contributed by atoms with Gasteiger partial charge in [-0.15, -0.1) is 12.4 Å². The molecular weight excluding hydrogens is 224 g/mol. The van der Waals surface area contributed by atoms with Crippen LogP contribution in [-0.4, -0.2) is 25.5 Å². The lowest BCUT2D eigenvalue weighted by Gasteiger charge is -2.05. The number of carbonyl (C=O) groups excluding carboxylic acids is 1. The zero-order valence-electron chi connectivity index (χ0n) is 9.75. The lowest BCUT2D eigenvalue weighted by Crippen LogP contribution is -2.31. The number of benzene rings is 1. The van der Waals surface area contributed by atoms with Crippen LogP contribution in [0.3, 0.4) is 0 Å². The third-order valence-electron chi connectivity index (χ3n) is 2.15. The van der Waals surface area contributed by atoms with Crippen molar-refractivity contribution in [2.24, 2.45) is 0 Å². The van der Waals surface area contributed by atoms with Crippen molar-refractivity contribution < 1.29 is 4.79 Å². The van der Waals surface area contributed by atoms with Crippen LogP contribution < -0.4 is 10.6 Å². The second-order valence-electron chi connectivity index (χ2n) is 3.48. The first kappa shape index (κ1) is 14.9. The maximum atomic E-state index is 11.6. The molecule has 0 saturated carbocycles. The van der Waals surface area contributed by atoms with Crippen LogP contribution in [0.5, 0.6) is 0 Å². The van der Waals surface area contributed by atoms with Crippen LogP contribution in [0.2, 0.25) is 0 Å². The second kappa shape index (κ2) is 8.13. The fourth-order valence-electron chi connectivity index (χ4n) is 1.25. The van der Waals surface area contributed by atoms with Crippen molar-refractivity contribution in [1.82, 2.24) is 10.6 Å². The molecule has 0 aliphatic heterocycles. The monoisotopic (exact) mass is 242 g/mol. The molecule has 0 unspecified atom stereocenters. The Hall–Kier alpha value is -1.06. The fraction of sp³-hybridized carbons (Fsp3) is 0.417. The van der Waals surface area contributed by atoms with Gasteiger partial charge in [-0.2, -0.15) is 0 Å². The number of rotatable bonds is 5. The van der Waals surface area contributed by atoms with Gasteiger partial charge in [0.2, 0.25) is 0 Å². The summed E-state index contributed by atoms with van der Waals surface area (Å²) < 4.78 is 0. The van der Waals surface area contributed by atoms with Gasteiger partial charge in [-0.25, -0.2) is 0 Å². The summed E-state index contributed by atoms with van der Waals surface area (Å²) in [5.41, 5.74) is 1.89. The third kappa shape index (κ3) is 5.14. The predicted octanol–water partition coefficient (Wildman–Crippen LogP) is 1.76. The number of halogens is 1. The molecule has 3 nitrogen and oxygen atoms in total. The Bertz CT molecular complexity index is 311. The molecule has 90 valence electrons. The number of nitrogens with one attached hydrogen (secondary N) is 2. The lowest BCUT2D eigenvalue weighted by molar-refractivity contribution is 0.0954. The quantitative estimate of drug-likeness (QED) is 0.773. The smallest absolute Gasteiger partial charge is 0.251 e. The SMILES string of the molecule is CCNCCNC(=O)c1ccc(C)cc1.Cl. The first-order valence-electron chi connectivity index (χ1n) is 5.29. The van der Waals surface area contributed by atoms with Gasteiger partial charge in [0, 0.05) is 18.7 Å². The largest absolute Gasteiger partial charge is 0.351 e. The summed E-state index contributed by atoms with van der Waals surface area (Å²) in [6.07, 6.45) is 0. The maximum Gasteiger partial charge on any atom is 0.251 e. The second-order valence-corrected chi connectivity index (χ2v) is 3.48. The van der Waals surface area contributed by atoms with Crippen LogP contribution in [-0.2, 0) is 0 Å². The van der Waals surface area contributed by atoms with Crippen molar-refractivity contribution in [3.05, 3.63) is 35.4 Å². The highest BCUT2D eigenvalue weighted by Crippen LogP contribution is 2.02. The molecule has 1 rings (SSSR count). The highest BCUT2D eigenvalue weighted by atomic mass is 35.5. The Kier molecular flexibility index (Phi) is 7.60. The molecule has 2 N–H and O–H groups in total. The minimum atomic E-state index is -0.00657. The lowest BCUT2D eigenvalue weighted by atomic mass is 10.1. The molecule has 0 bridgehead atoms. The standard InChI is InChI=1S/C12H18N2O.ClH/c1-3-13-8-9-14-12(15)11-6-4-10(2)5-7-11;/h4-7,13H,3,8-9H2,1-2H3,(H,14,15);1H. The number of aryl methyl sites for hydroxylation is 1. The van der Waals surface area contributed by atoms with Crippen LogP contribution in [0, 0.1) is 6.92 Å². The van der Waals surface area contributed by atoms with Crippen molar-refractivity contribution >= 4 is 18.3 Å². The van der Waals surface area contributed by atoms with Gasteiger partial charge < -0.3 is 10.6 Å². The molecule has 0 heterocycles. The minimum Gasteiger partial charge on any atom is -0.351 e. The van der Waals surface area contributed by atoms with Gasteiger partial charge in [0.1, 0.15) is 0 Å². The average Bonchev–Trinajstić information content (AvgIpc) is 2.25. The van der Waals surface area contributed by atoms with Crippen LogP contribution in [0.4, 0.5) is 0 Å². The van der Waals surface area contributed by atoms with Crippen molar-refractivity contribution in [3.63, 3.8) is 0 Å². The number of hydrogen-bond acceptors (Lipinski definition) is 2. The molecule has 0 aliphatic rings. The highest BCUT2D eigenvalue weighted by molar-refractivity contribution is 5.94. The van der Waals surface area contributed by atoms with Gasteiger partial charge in [-0.1, -0.05) is 24.6 Å². The first-order valence-corrected chi connectivity index (χ1v) is 5.29. The van der Waals surface area contributed by atoms with Gasteiger partial charge >= 0.3 is 0 Å². The van der Waals surface area contributed by atoms with E-state index in [0.717, 1.165) is 18.7 Å². The van der Waals surface area contributed by atoms with Crippen molar-refractivity contribution in [1.29, 1.82) is 0 Å². The molecule has 0 fully saturated rings. The molecular formula is C12H19ClN2O. The Morgan fingerprint density at radius 2 is 1.81 bits per heavy atom. The first-order chi connectivity index (χ1) is 7.24. The fourth-order valence-corrected chi connectivity index (χ4v) is 1.25. The molecule has 1 aromatic carbocycles. The van der Waals surface area contributed by atoms with E-state index in [9.17, 15) is 4.79 Å². The van der Waals surface area contributed by atoms with Gasteiger partial charge in [-0.05, 0) is 25.6 Å². The van der Waals surface area contributed by atoms with Gasteiger partial charge in [-0.3, -0.25) is 4.79 Å². The summed E-state index contributed by atoms with van der Waals surface area (Å²) in [7, 11) is 0. The summed E-state index contributed by atoms with van der Waals surface area (Å²) in [6, 6.07) is 7.58. The minimum absolute atomic E-state index is 0. The molecule has 1 amide bonds. The van der Waals surface area contributed by atoms with Crippen LogP contribution in [0.15, 0.2) is 24.3 Å². The molecule has 4 heteroatoms. The van der Waals surface area contributed by atoms with E-state index in [1.54, 1.807) is 0 Å². The van der Waals surface area contributed by atoms with Gasteiger partial charge in [0.25, 0.3) is 5.91 Å². The average molecular weight is 243 g/mol. The Balaban J connectivity index is 0.00000225. The number of carbonyl (C=O) groups is 1. The Labute approximate surface area is 103 Å². The summed E-state index contributed by atoms with van der Waals surface area (Å²) >= 11 is 0. The normalized spacial score (nSPS) is 9.38. The van der Waals surface area contributed by atoms with E-state index in [4.69, 9.17) is 0 Å². The van der Waals surface area contributed by atoms with E-state index in [1.165, 1.54) is 5.56 Å². The van der Waals surface area contributed by atoms with E-state index in [1.807, 2.05) is 38.1 Å². The number of amides is 1. The van der Waals surface area contributed by atoms with Crippen LogP contribution in [0.1, 0.15) is 22.8 Å². The third-order valence-corrected chi connectivity index (χ3v) is 2.15. The van der Waals surface area contributed by atoms with Gasteiger partial charge in [0.15, 0.2) is 0 Å². The highest BCUT2D eigenvalue weighted by Gasteiger charge is 2.02. The molecule has 0 radical (unpaired) electrons. The van der Waals surface area contributed by atoms with E-state index in [0.29, 0.717) is 6.54 Å². The predicted molar refractivity (Wildman–Crippen MR) is 69.3 cm³/mol. The summed E-state index contributed by atoms with van der Waals surface area (Å²) in [5.74, 6) is -0.00657. The number of likely N-dealkylation sites (N-methyl/N-ethyl adjacent to an activating group) is 1. The van der Waals surface area contributed by atoms with E-state index < -0.39 is 0 Å². The summed E-state index contributed by atoms with van der Waals surface area (Å²) in [5, 5.41) is 6.00. The Morgan fingerprint density at radius 3 is 2.38 bits per heavy atom. The topological polar surface area (TPSA) is 41.1 Å². The van der Waals surface area contributed by atoms with Crippen molar-refractivity contribution in [2.75, 3.05) is 19.6 Å². The summed E-state index contributed by atoms with van der Waals surface area (Å²) in [4.78, 5) is 11.6.